The summed E-state index contributed by atoms with van der Waals surface area (Å²) in [4.78, 5) is 11.0. The van der Waals surface area contributed by atoms with Crippen molar-refractivity contribution in [1.29, 1.82) is 0 Å². The number of primary amides is 1. The van der Waals surface area contributed by atoms with Crippen molar-refractivity contribution in [3.63, 3.8) is 0 Å². The van der Waals surface area contributed by atoms with Gasteiger partial charge in [0, 0.05) is 0 Å². The molecule has 0 aliphatic carbocycles. The van der Waals surface area contributed by atoms with E-state index in [1.165, 1.54) is 0 Å². The molecule has 0 radical (unpaired) electrons. The minimum absolute atomic E-state index is 0. The number of nitrogens with two attached hydrogens (primary N) is 1. The summed E-state index contributed by atoms with van der Waals surface area (Å²) in [5, 5.41) is 1.65. The Bertz CT molecular complexity index is 173. The molecule has 0 saturated heterocycles. The lowest BCUT2D eigenvalue weighted by Crippen LogP contribution is -3.00. The molecule has 0 saturated carbocycles. The van der Waals surface area contributed by atoms with Crippen LogP contribution in [0.25, 0.3) is 0 Å². The maximum absolute atomic E-state index is 11.0. The van der Waals surface area contributed by atoms with Gasteiger partial charge < -0.3 is 17.1 Å². The molecule has 0 rings (SSSR count). The van der Waals surface area contributed by atoms with Gasteiger partial charge in [-0.1, -0.05) is 19.6 Å². The number of alkyl halides is 1. The van der Waals surface area contributed by atoms with Crippen LogP contribution in [0.5, 0.6) is 0 Å². The van der Waals surface area contributed by atoms with E-state index >= 15 is 0 Å². The highest BCUT2D eigenvalue weighted by Crippen LogP contribution is 2.11. The molecule has 14 heavy (non-hydrogen) atoms. The lowest BCUT2D eigenvalue weighted by atomic mass is 10.7. The Kier molecular flexibility index (Phi) is 8.93. The zero-order chi connectivity index (χ0) is 10.5. The number of rotatable bonds is 4. The van der Waals surface area contributed by atoms with E-state index in [0.29, 0.717) is 13.2 Å². The second kappa shape index (κ2) is 7.51. The van der Waals surface area contributed by atoms with Crippen LogP contribution in [0.1, 0.15) is 6.92 Å². The summed E-state index contributed by atoms with van der Waals surface area (Å²) in [7, 11) is -1.32. The predicted octanol–water partition coefficient (Wildman–Crippen LogP) is -1.80. The molecule has 1 amide bonds. The molecule has 86 valence electrons. The van der Waals surface area contributed by atoms with Crippen molar-refractivity contribution >= 4 is 25.8 Å². The molecular weight excluding hydrogens is 241 g/mol. The molecule has 0 fully saturated rings. The zero-order valence-corrected chi connectivity index (χ0v) is 11.7. The van der Waals surface area contributed by atoms with Crippen LogP contribution in [0.15, 0.2) is 0 Å². The summed E-state index contributed by atoms with van der Waals surface area (Å²) in [6, 6.07) is 0. The van der Waals surface area contributed by atoms with Gasteiger partial charge in [-0.25, -0.2) is 5.32 Å². The molecule has 1 unspecified atom stereocenters. The van der Waals surface area contributed by atoms with E-state index in [0.717, 1.165) is 0 Å². The van der Waals surface area contributed by atoms with Gasteiger partial charge in [0.05, 0.1) is 26.2 Å². The lowest BCUT2D eigenvalue weighted by molar-refractivity contribution is -0.567. The average molecular weight is 260 g/mol. The van der Waals surface area contributed by atoms with Crippen LogP contribution in [0.4, 0.5) is 4.79 Å². The van der Waals surface area contributed by atoms with Gasteiger partial charge in [0.1, 0.15) is 0 Å². The Labute approximate surface area is 98.0 Å². The number of quaternary nitrogens is 1. The van der Waals surface area contributed by atoms with Crippen molar-refractivity contribution in [3.8, 4) is 0 Å². The van der Waals surface area contributed by atoms with Crippen LogP contribution < -0.4 is 17.7 Å². The minimum atomic E-state index is -1.32. The van der Waals surface area contributed by atoms with Gasteiger partial charge in [0.2, 0.25) is 0 Å². The number of hydrogen-bond donors (Lipinski definition) is 1. The highest BCUT2D eigenvalue weighted by molar-refractivity contribution is 6.83. The first kappa shape index (κ1) is 16.6. The second-order valence-corrected chi connectivity index (χ2v) is 10.3. The summed E-state index contributed by atoms with van der Waals surface area (Å²) < 4.78 is 4.77. The molecule has 3 nitrogen and oxygen atoms in total. The predicted molar refractivity (Wildman–Crippen MR) is 56.8 cm³/mol. The summed E-state index contributed by atoms with van der Waals surface area (Å²) in [5.74, 6) is 0. The van der Waals surface area contributed by atoms with E-state index in [4.69, 9.17) is 16.3 Å². The summed E-state index contributed by atoms with van der Waals surface area (Å²) in [6.45, 7) is 9.39. The minimum Gasteiger partial charge on any atom is -1.00 e. The maximum Gasteiger partial charge on any atom is 0.512 e. The average Bonchev–Trinajstić information content (AvgIpc) is 1.99. The van der Waals surface area contributed by atoms with E-state index in [2.05, 4.69) is 19.6 Å². The van der Waals surface area contributed by atoms with Crippen LogP contribution >= 0.6 is 11.6 Å². The van der Waals surface area contributed by atoms with E-state index in [1.807, 2.05) is 0 Å². The third-order valence-electron chi connectivity index (χ3n) is 1.72. The first-order valence-electron chi connectivity index (χ1n) is 4.52. The monoisotopic (exact) mass is 259 g/mol. The smallest absolute Gasteiger partial charge is 0.512 e. The van der Waals surface area contributed by atoms with Crippen LogP contribution in [0.2, 0.25) is 19.6 Å². The highest BCUT2D eigenvalue weighted by atomic mass is 35.5. The van der Waals surface area contributed by atoms with E-state index in [9.17, 15) is 4.79 Å². The van der Waals surface area contributed by atoms with E-state index < -0.39 is 8.07 Å². The molecule has 1 atom stereocenters. The van der Waals surface area contributed by atoms with Crippen molar-refractivity contribution in [2.75, 3.05) is 13.2 Å². The summed E-state index contributed by atoms with van der Waals surface area (Å²) >= 11 is 6.12. The van der Waals surface area contributed by atoms with Crippen LogP contribution in [0, 0.1) is 0 Å². The Hall–Kier alpha value is 0.227. The van der Waals surface area contributed by atoms with Crippen LogP contribution in [-0.4, -0.2) is 32.3 Å². The van der Waals surface area contributed by atoms with Crippen molar-refractivity contribution in [3.05, 3.63) is 0 Å². The topological polar surface area (TPSA) is 42.9 Å². The highest BCUT2D eigenvalue weighted by Gasteiger charge is 2.27. The fraction of sp³-hybridized carbons (Fsp3) is 0.875. The number of hydrogen-bond acceptors (Lipinski definition) is 2. The van der Waals surface area contributed by atoms with Gasteiger partial charge in [-0.05, 0) is 6.92 Å². The first-order chi connectivity index (χ1) is 5.88. The molecule has 0 aliphatic heterocycles. The van der Waals surface area contributed by atoms with Gasteiger partial charge >= 0.3 is 6.09 Å². The standard InChI is InChI=1S/C8H18ClNO2Si.ClH/c1-5-12-8(11)10-6-7(9)13(2,3)4;/h7H,5-6H2,1-4H3,(H,10,11);1H. The number of ether oxygens (including phenoxy) is 1. The summed E-state index contributed by atoms with van der Waals surface area (Å²) in [6.07, 6.45) is -0.258. The molecular formula is C8H19Cl2NO2Si. The molecule has 0 aromatic heterocycles. The number of carbonyl (C=O) groups is 1. The van der Waals surface area contributed by atoms with Gasteiger partial charge in [-0.3, -0.25) is 0 Å². The maximum atomic E-state index is 11.0. The Morgan fingerprint density at radius 2 is 2.00 bits per heavy atom. The van der Waals surface area contributed by atoms with E-state index in [1.54, 1.807) is 12.2 Å². The molecule has 0 heterocycles. The third kappa shape index (κ3) is 7.61. The Morgan fingerprint density at radius 3 is 2.36 bits per heavy atom. The molecule has 6 heteroatoms. The number of halogens is 2. The molecule has 2 N–H and O–H groups in total. The third-order valence-corrected chi connectivity index (χ3v) is 5.97. The molecule has 0 aromatic rings. The van der Waals surface area contributed by atoms with Crippen molar-refractivity contribution < 1.29 is 27.3 Å². The SMILES string of the molecule is CCOC(=O)[NH2+]CC(Cl)[Si](C)(C)C.[Cl-]. The van der Waals surface area contributed by atoms with Crippen molar-refractivity contribution in [2.24, 2.45) is 0 Å². The van der Waals surface area contributed by atoms with Gasteiger partial charge in [0.25, 0.3) is 0 Å². The zero-order valence-electron chi connectivity index (χ0n) is 9.14. The summed E-state index contributed by atoms with van der Waals surface area (Å²) in [5.41, 5.74) is 0. The van der Waals surface area contributed by atoms with Crippen LogP contribution in [0.3, 0.4) is 0 Å². The fourth-order valence-corrected chi connectivity index (χ4v) is 1.67. The quantitative estimate of drug-likeness (QED) is 0.478. The Morgan fingerprint density at radius 1 is 1.50 bits per heavy atom. The lowest BCUT2D eigenvalue weighted by Gasteiger charge is -2.20. The normalized spacial score (nSPS) is 12.9. The van der Waals surface area contributed by atoms with E-state index in [-0.39, 0.29) is 23.5 Å². The molecule has 0 aromatic carbocycles. The molecule has 0 bridgehead atoms. The van der Waals surface area contributed by atoms with Crippen molar-refractivity contribution in [1.82, 2.24) is 0 Å². The Balaban J connectivity index is 0. The first-order valence-corrected chi connectivity index (χ1v) is 8.53. The number of carbonyl (C=O) groups excluding carboxylic acids is 1. The van der Waals surface area contributed by atoms with Gasteiger partial charge in [0.15, 0.2) is 0 Å². The number of amides is 1. The molecule has 0 aliphatic rings. The van der Waals surface area contributed by atoms with Gasteiger partial charge in [-0.2, -0.15) is 4.79 Å². The largest absolute Gasteiger partial charge is 1.00 e. The fourth-order valence-electron chi connectivity index (χ4n) is 0.754. The van der Waals surface area contributed by atoms with Crippen molar-refractivity contribution in [2.45, 2.75) is 31.6 Å². The van der Waals surface area contributed by atoms with Gasteiger partial charge in [-0.15, -0.1) is 11.6 Å². The second-order valence-electron chi connectivity index (χ2n) is 4.03. The van der Waals surface area contributed by atoms with Crippen LogP contribution in [-0.2, 0) is 4.74 Å². The molecule has 0 spiro atoms.